The summed E-state index contributed by atoms with van der Waals surface area (Å²) in [6, 6.07) is 0. The predicted molar refractivity (Wildman–Crippen MR) is 50.4 cm³/mol. The molecule has 1 unspecified atom stereocenters. The molecule has 0 saturated carbocycles. The molecule has 0 fully saturated rings. The third kappa shape index (κ3) is 3.72. The van der Waals surface area contributed by atoms with E-state index in [0.717, 1.165) is 6.92 Å². The monoisotopic (exact) mass is 226 g/mol. The third-order valence-electron chi connectivity index (χ3n) is 2.36. The molecule has 2 nitrogen and oxygen atoms in total. The van der Waals surface area contributed by atoms with Gasteiger partial charge in [-0.15, -0.1) is 0 Å². The van der Waals surface area contributed by atoms with Crippen LogP contribution in [0.25, 0.3) is 0 Å². The zero-order chi connectivity index (χ0) is 12.1. The highest BCUT2D eigenvalue weighted by atomic mass is 19.4. The molecule has 0 aliphatic rings. The molecule has 0 bridgehead atoms. The zero-order valence-corrected chi connectivity index (χ0v) is 9.28. The largest absolute Gasteiger partial charge is 0.450 e. The van der Waals surface area contributed by atoms with Crippen molar-refractivity contribution in [2.45, 2.75) is 58.2 Å². The third-order valence-corrected chi connectivity index (χ3v) is 2.36. The predicted octanol–water partition coefficient (Wildman–Crippen LogP) is 3.45. The average molecular weight is 226 g/mol. The zero-order valence-electron chi connectivity index (χ0n) is 9.28. The van der Waals surface area contributed by atoms with Gasteiger partial charge in [0.25, 0.3) is 0 Å². The molecule has 0 N–H and O–H groups in total. The van der Waals surface area contributed by atoms with E-state index in [4.69, 9.17) is 0 Å². The fourth-order valence-electron chi connectivity index (χ4n) is 1.44. The fraction of sp³-hybridized carbons (Fsp3) is 0.900. The van der Waals surface area contributed by atoms with Crippen molar-refractivity contribution in [1.82, 2.24) is 0 Å². The van der Waals surface area contributed by atoms with Gasteiger partial charge in [-0.25, -0.2) is 0 Å². The number of hydrogen-bond acceptors (Lipinski definition) is 2. The van der Waals surface area contributed by atoms with Crippen LogP contribution >= 0.6 is 0 Å². The van der Waals surface area contributed by atoms with E-state index in [0.29, 0.717) is 12.8 Å². The highest BCUT2D eigenvalue weighted by molar-refractivity contribution is 5.66. The van der Waals surface area contributed by atoms with Crippen LogP contribution in [0.2, 0.25) is 0 Å². The fourth-order valence-corrected chi connectivity index (χ4v) is 1.44. The molecule has 0 aliphatic carbocycles. The Kier molecular flexibility index (Phi) is 5.11. The smallest absolute Gasteiger partial charge is 0.428 e. The van der Waals surface area contributed by atoms with E-state index in [1.54, 1.807) is 6.92 Å². The summed E-state index contributed by atoms with van der Waals surface area (Å²) in [5.41, 5.74) is -2.30. The van der Waals surface area contributed by atoms with E-state index >= 15 is 0 Å². The van der Waals surface area contributed by atoms with Gasteiger partial charge in [-0.3, -0.25) is 4.79 Å². The highest BCUT2D eigenvalue weighted by Crippen LogP contribution is 2.40. The minimum atomic E-state index is -4.50. The van der Waals surface area contributed by atoms with Crippen molar-refractivity contribution in [3.8, 4) is 0 Å². The summed E-state index contributed by atoms with van der Waals surface area (Å²) < 4.78 is 42.8. The summed E-state index contributed by atoms with van der Waals surface area (Å²) in [5.74, 6) is -0.884. The van der Waals surface area contributed by atoms with Gasteiger partial charge in [0, 0.05) is 6.92 Å². The molecular weight excluding hydrogens is 209 g/mol. The lowest BCUT2D eigenvalue weighted by Crippen LogP contribution is -2.48. The molecule has 0 aromatic heterocycles. The van der Waals surface area contributed by atoms with Crippen LogP contribution in [0, 0.1) is 0 Å². The van der Waals surface area contributed by atoms with E-state index in [-0.39, 0.29) is 12.8 Å². The van der Waals surface area contributed by atoms with Crippen molar-refractivity contribution in [3.63, 3.8) is 0 Å². The standard InChI is InChI=1S/C10H17F3O2/c1-4-6-7-9(5-2,10(11,12)13)15-8(3)14/h4-7H2,1-3H3. The first-order valence-corrected chi connectivity index (χ1v) is 5.05. The normalized spacial score (nSPS) is 15.9. The number of alkyl halides is 3. The number of unbranched alkanes of at least 4 members (excludes halogenated alkanes) is 1. The molecule has 0 aromatic carbocycles. The van der Waals surface area contributed by atoms with Gasteiger partial charge < -0.3 is 4.74 Å². The van der Waals surface area contributed by atoms with Crippen molar-refractivity contribution >= 4 is 5.97 Å². The molecule has 5 heteroatoms. The number of carbonyl (C=O) groups excluding carboxylic acids is 1. The topological polar surface area (TPSA) is 26.3 Å². The van der Waals surface area contributed by atoms with Crippen molar-refractivity contribution in [2.75, 3.05) is 0 Å². The quantitative estimate of drug-likeness (QED) is 0.671. The molecule has 0 aliphatic heterocycles. The summed E-state index contributed by atoms with van der Waals surface area (Å²) in [6.07, 6.45) is -3.87. The number of carbonyl (C=O) groups is 1. The maximum absolute atomic E-state index is 12.8. The Labute approximate surface area is 87.8 Å². The van der Waals surface area contributed by atoms with Crippen LogP contribution in [0.15, 0.2) is 0 Å². The SMILES string of the molecule is CCCCC(CC)(OC(C)=O)C(F)(F)F. The summed E-state index contributed by atoms with van der Waals surface area (Å²) in [7, 11) is 0. The molecule has 15 heavy (non-hydrogen) atoms. The molecule has 1 atom stereocenters. The van der Waals surface area contributed by atoms with Gasteiger partial charge in [-0.05, 0) is 19.3 Å². The van der Waals surface area contributed by atoms with Gasteiger partial charge in [-0.2, -0.15) is 13.2 Å². The van der Waals surface area contributed by atoms with Crippen molar-refractivity contribution in [2.24, 2.45) is 0 Å². The van der Waals surface area contributed by atoms with E-state index in [1.165, 1.54) is 6.92 Å². The lowest BCUT2D eigenvalue weighted by Gasteiger charge is -2.34. The lowest BCUT2D eigenvalue weighted by atomic mass is 9.92. The Bertz CT molecular complexity index is 213. The first kappa shape index (κ1) is 14.3. The first-order chi connectivity index (χ1) is 6.79. The van der Waals surface area contributed by atoms with E-state index in [1.807, 2.05) is 0 Å². The second-order valence-electron chi connectivity index (χ2n) is 3.54. The Morgan fingerprint density at radius 1 is 1.27 bits per heavy atom. The van der Waals surface area contributed by atoms with E-state index < -0.39 is 17.7 Å². The minimum absolute atomic E-state index is 0.164. The molecule has 0 aromatic rings. The Morgan fingerprint density at radius 2 is 1.80 bits per heavy atom. The number of halogens is 3. The van der Waals surface area contributed by atoms with Crippen LogP contribution in [0.5, 0.6) is 0 Å². The highest BCUT2D eigenvalue weighted by Gasteiger charge is 2.55. The van der Waals surface area contributed by atoms with Gasteiger partial charge in [0.15, 0.2) is 0 Å². The molecule has 0 spiro atoms. The molecule has 0 heterocycles. The van der Waals surface area contributed by atoms with Crippen LogP contribution in [0.4, 0.5) is 13.2 Å². The molecule has 0 amide bonds. The Balaban J connectivity index is 4.84. The van der Waals surface area contributed by atoms with Gasteiger partial charge in [0.2, 0.25) is 5.60 Å². The van der Waals surface area contributed by atoms with Crippen LogP contribution in [-0.4, -0.2) is 17.7 Å². The number of ether oxygens (including phenoxy) is 1. The summed E-state index contributed by atoms with van der Waals surface area (Å²) >= 11 is 0. The average Bonchev–Trinajstić information content (AvgIpc) is 2.09. The van der Waals surface area contributed by atoms with Crippen LogP contribution in [0.3, 0.4) is 0 Å². The van der Waals surface area contributed by atoms with Crippen molar-refractivity contribution in [3.05, 3.63) is 0 Å². The van der Waals surface area contributed by atoms with Gasteiger partial charge >= 0.3 is 12.1 Å². The number of hydrogen-bond donors (Lipinski definition) is 0. The second-order valence-corrected chi connectivity index (χ2v) is 3.54. The van der Waals surface area contributed by atoms with Crippen LogP contribution in [-0.2, 0) is 9.53 Å². The maximum atomic E-state index is 12.8. The van der Waals surface area contributed by atoms with Crippen LogP contribution in [0.1, 0.15) is 46.5 Å². The minimum Gasteiger partial charge on any atom is -0.450 e. The maximum Gasteiger partial charge on any atom is 0.428 e. The first-order valence-electron chi connectivity index (χ1n) is 5.05. The van der Waals surface area contributed by atoms with E-state index in [9.17, 15) is 18.0 Å². The molecular formula is C10H17F3O2. The molecule has 0 saturated heterocycles. The number of esters is 1. The van der Waals surface area contributed by atoms with Gasteiger partial charge in [-0.1, -0.05) is 20.3 Å². The van der Waals surface area contributed by atoms with Gasteiger partial charge in [0.05, 0.1) is 0 Å². The summed E-state index contributed by atoms with van der Waals surface area (Å²) in [4.78, 5) is 10.7. The Morgan fingerprint density at radius 3 is 2.07 bits per heavy atom. The molecule has 0 rings (SSSR count). The van der Waals surface area contributed by atoms with Crippen molar-refractivity contribution in [1.29, 1.82) is 0 Å². The van der Waals surface area contributed by atoms with Crippen molar-refractivity contribution < 1.29 is 22.7 Å². The van der Waals surface area contributed by atoms with E-state index in [2.05, 4.69) is 4.74 Å². The second kappa shape index (κ2) is 5.37. The van der Waals surface area contributed by atoms with Crippen LogP contribution < -0.4 is 0 Å². The summed E-state index contributed by atoms with van der Waals surface area (Å²) in [6.45, 7) is 4.18. The molecule has 0 radical (unpaired) electrons. The lowest BCUT2D eigenvalue weighted by molar-refractivity contribution is -0.273. The summed E-state index contributed by atoms with van der Waals surface area (Å²) in [5, 5.41) is 0. The van der Waals surface area contributed by atoms with Gasteiger partial charge in [0.1, 0.15) is 0 Å². The molecule has 90 valence electrons. The Hall–Kier alpha value is -0.740. The number of rotatable bonds is 5.